The van der Waals surface area contributed by atoms with E-state index in [0.29, 0.717) is 24.8 Å². The molecule has 1 amide bonds. The van der Waals surface area contributed by atoms with Crippen molar-refractivity contribution in [2.45, 2.75) is 31.9 Å². The summed E-state index contributed by atoms with van der Waals surface area (Å²) in [6.45, 7) is 1.38. The van der Waals surface area contributed by atoms with E-state index in [4.69, 9.17) is 4.74 Å². The van der Waals surface area contributed by atoms with E-state index in [9.17, 15) is 4.79 Å². The number of fused-ring (bicyclic) bond motifs is 1. The van der Waals surface area contributed by atoms with Gasteiger partial charge >= 0.3 is 0 Å². The predicted octanol–water partition coefficient (Wildman–Crippen LogP) is 3.84. The van der Waals surface area contributed by atoms with Crippen molar-refractivity contribution in [3.8, 4) is 5.75 Å². The molecule has 3 aromatic rings. The maximum absolute atomic E-state index is 12.2. The van der Waals surface area contributed by atoms with Gasteiger partial charge < -0.3 is 19.8 Å². The predicted molar refractivity (Wildman–Crippen MR) is 115 cm³/mol. The number of hydrogen-bond donors (Lipinski definition) is 2. The second kappa shape index (κ2) is 10.3. The van der Waals surface area contributed by atoms with Gasteiger partial charge in [0.2, 0.25) is 5.91 Å². The van der Waals surface area contributed by atoms with Gasteiger partial charge in [-0.2, -0.15) is 0 Å². The molecule has 2 aromatic heterocycles. The lowest BCUT2D eigenvalue weighted by atomic mass is 10.1. The van der Waals surface area contributed by atoms with E-state index in [1.165, 1.54) is 0 Å². The van der Waals surface area contributed by atoms with Crippen LogP contribution in [0.25, 0.3) is 5.65 Å². The molecule has 1 saturated heterocycles. The van der Waals surface area contributed by atoms with Crippen LogP contribution in [-0.4, -0.2) is 27.9 Å². The van der Waals surface area contributed by atoms with E-state index in [0.717, 1.165) is 36.4 Å². The van der Waals surface area contributed by atoms with Crippen LogP contribution in [0.5, 0.6) is 5.75 Å². The van der Waals surface area contributed by atoms with Crippen molar-refractivity contribution >= 4 is 42.1 Å². The molecule has 1 aliphatic rings. The van der Waals surface area contributed by atoms with Crippen LogP contribution in [0.2, 0.25) is 0 Å². The molecule has 150 valence electrons. The number of benzene rings is 1. The second-order valence-electron chi connectivity index (χ2n) is 6.56. The number of nitrogens with zero attached hydrogens (tertiary/aromatic N) is 2. The zero-order chi connectivity index (χ0) is 17.8. The molecule has 6 nitrogen and oxygen atoms in total. The maximum Gasteiger partial charge on any atom is 0.225 e. The van der Waals surface area contributed by atoms with Crippen LogP contribution >= 0.6 is 24.8 Å². The van der Waals surface area contributed by atoms with Crippen LogP contribution in [0.1, 0.15) is 25.0 Å². The van der Waals surface area contributed by atoms with Crippen LogP contribution in [0.4, 0.5) is 5.69 Å². The summed E-state index contributed by atoms with van der Waals surface area (Å²) in [6, 6.07) is 13.6. The Kier molecular flexibility index (Phi) is 8.11. The van der Waals surface area contributed by atoms with Crippen LogP contribution in [0.3, 0.4) is 0 Å². The van der Waals surface area contributed by atoms with Crippen molar-refractivity contribution in [3.63, 3.8) is 0 Å². The van der Waals surface area contributed by atoms with Crippen molar-refractivity contribution in [2.75, 3.05) is 11.9 Å². The van der Waals surface area contributed by atoms with Crippen molar-refractivity contribution in [2.24, 2.45) is 0 Å². The molecule has 0 bridgehead atoms. The Morgan fingerprint density at radius 3 is 2.93 bits per heavy atom. The minimum atomic E-state index is 0. The fourth-order valence-electron chi connectivity index (χ4n) is 3.24. The fourth-order valence-corrected chi connectivity index (χ4v) is 3.24. The zero-order valence-corrected chi connectivity index (χ0v) is 17.0. The number of imidazole rings is 1. The van der Waals surface area contributed by atoms with E-state index in [1.54, 1.807) is 0 Å². The van der Waals surface area contributed by atoms with Crippen LogP contribution in [0.15, 0.2) is 54.9 Å². The molecule has 1 atom stereocenters. The number of halogens is 2. The van der Waals surface area contributed by atoms with Gasteiger partial charge in [-0.25, -0.2) is 4.98 Å². The number of pyridine rings is 1. The van der Waals surface area contributed by atoms with Gasteiger partial charge in [-0.15, -0.1) is 24.8 Å². The molecular formula is C20H24Cl2N4O2. The standard InChI is InChI=1S/C20H22N4O2.2ClH/c25-20(12-15-6-4-9-21-15)23-16-5-3-7-18(11-16)26-14-17-13-24-10-2-1-8-19(24)22-17;;/h1-3,5,7-8,10-11,13,15,21H,4,6,9,12,14H2,(H,23,25);2*1H. The normalized spacial score (nSPS) is 15.5. The molecule has 1 unspecified atom stereocenters. The Morgan fingerprint density at radius 2 is 2.14 bits per heavy atom. The monoisotopic (exact) mass is 422 g/mol. The fraction of sp³-hybridized carbons (Fsp3) is 0.300. The summed E-state index contributed by atoms with van der Waals surface area (Å²) in [5.41, 5.74) is 2.51. The Bertz CT molecular complexity index is 877. The Hall–Kier alpha value is -2.28. The molecule has 0 saturated carbocycles. The molecule has 0 aliphatic carbocycles. The van der Waals surface area contributed by atoms with E-state index in [1.807, 2.05) is 59.3 Å². The van der Waals surface area contributed by atoms with Gasteiger partial charge in [-0.3, -0.25) is 4.79 Å². The molecule has 3 heterocycles. The lowest BCUT2D eigenvalue weighted by Gasteiger charge is -2.11. The molecule has 4 rings (SSSR count). The molecule has 0 radical (unpaired) electrons. The summed E-state index contributed by atoms with van der Waals surface area (Å²) >= 11 is 0. The lowest BCUT2D eigenvalue weighted by molar-refractivity contribution is -0.116. The van der Waals surface area contributed by atoms with E-state index < -0.39 is 0 Å². The number of aromatic nitrogens is 2. The van der Waals surface area contributed by atoms with Crippen LogP contribution < -0.4 is 15.4 Å². The van der Waals surface area contributed by atoms with Crippen molar-refractivity contribution in [1.29, 1.82) is 0 Å². The molecule has 1 fully saturated rings. The number of carbonyl (C=O) groups excluding carboxylic acids is 1. The molecule has 1 aliphatic heterocycles. The molecule has 0 spiro atoms. The number of rotatable bonds is 6. The highest BCUT2D eigenvalue weighted by molar-refractivity contribution is 5.91. The first-order valence-corrected chi connectivity index (χ1v) is 8.95. The summed E-state index contributed by atoms with van der Waals surface area (Å²) in [7, 11) is 0. The minimum Gasteiger partial charge on any atom is -0.487 e. The van der Waals surface area contributed by atoms with Gasteiger partial charge in [0, 0.05) is 36.6 Å². The van der Waals surface area contributed by atoms with Crippen molar-refractivity contribution < 1.29 is 9.53 Å². The number of nitrogens with one attached hydrogen (secondary N) is 2. The third-order valence-electron chi connectivity index (χ3n) is 4.51. The quantitative estimate of drug-likeness (QED) is 0.632. The lowest BCUT2D eigenvalue weighted by Crippen LogP contribution is -2.27. The average molecular weight is 423 g/mol. The largest absolute Gasteiger partial charge is 0.487 e. The number of anilines is 1. The maximum atomic E-state index is 12.2. The molecule has 28 heavy (non-hydrogen) atoms. The molecule has 1 aromatic carbocycles. The topological polar surface area (TPSA) is 67.7 Å². The minimum absolute atomic E-state index is 0. The van der Waals surface area contributed by atoms with E-state index in [2.05, 4.69) is 15.6 Å². The molecule has 2 N–H and O–H groups in total. The third-order valence-corrected chi connectivity index (χ3v) is 4.51. The third kappa shape index (κ3) is 5.61. The first-order valence-electron chi connectivity index (χ1n) is 8.95. The summed E-state index contributed by atoms with van der Waals surface area (Å²) in [5, 5.41) is 6.29. The summed E-state index contributed by atoms with van der Waals surface area (Å²) in [5.74, 6) is 0.737. The van der Waals surface area contributed by atoms with Gasteiger partial charge in [0.15, 0.2) is 0 Å². The number of amides is 1. The first kappa shape index (κ1) is 22.0. The van der Waals surface area contributed by atoms with Gasteiger partial charge in [0.05, 0.1) is 5.69 Å². The van der Waals surface area contributed by atoms with E-state index >= 15 is 0 Å². The van der Waals surface area contributed by atoms with Crippen LogP contribution in [0, 0.1) is 0 Å². The van der Waals surface area contributed by atoms with Crippen molar-refractivity contribution in [1.82, 2.24) is 14.7 Å². The van der Waals surface area contributed by atoms with E-state index in [-0.39, 0.29) is 30.7 Å². The Balaban J connectivity index is 0.00000140. The summed E-state index contributed by atoms with van der Waals surface area (Å²) in [4.78, 5) is 16.7. The number of carbonyl (C=O) groups is 1. The second-order valence-corrected chi connectivity index (χ2v) is 6.56. The van der Waals surface area contributed by atoms with Gasteiger partial charge in [-0.1, -0.05) is 12.1 Å². The number of hydrogen-bond acceptors (Lipinski definition) is 4. The van der Waals surface area contributed by atoms with Gasteiger partial charge in [0.1, 0.15) is 18.0 Å². The van der Waals surface area contributed by atoms with Crippen molar-refractivity contribution in [3.05, 3.63) is 60.6 Å². The molecular weight excluding hydrogens is 399 g/mol. The van der Waals surface area contributed by atoms with Crippen LogP contribution in [-0.2, 0) is 11.4 Å². The average Bonchev–Trinajstić information content (AvgIpc) is 3.29. The number of ether oxygens (including phenoxy) is 1. The summed E-state index contributed by atoms with van der Waals surface area (Å²) < 4.78 is 7.80. The SMILES string of the molecule is Cl.Cl.O=C(CC1CCCN1)Nc1cccc(OCc2cn3ccccc3n2)c1. The smallest absolute Gasteiger partial charge is 0.225 e. The molecule has 8 heteroatoms. The Morgan fingerprint density at radius 1 is 1.25 bits per heavy atom. The highest BCUT2D eigenvalue weighted by Crippen LogP contribution is 2.19. The highest BCUT2D eigenvalue weighted by Gasteiger charge is 2.17. The van der Waals surface area contributed by atoms with Gasteiger partial charge in [0.25, 0.3) is 0 Å². The zero-order valence-electron chi connectivity index (χ0n) is 15.3. The first-order chi connectivity index (χ1) is 12.8. The summed E-state index contributed by atoms with van der Waals surface area (Å²) in [6.07, 6.45) is 6.63. The van der Waals surface area contributed by atoms with Gasteiger partial charge in [-0.05, 0) is 43.7 Å². The highest BCUT2D eigenvalue weighted by atomic mass is 35.5. The Labute approximate surface area is 176 Å².